The zero-order chi connectivity index (χ0) is 12.0. The number of amides is 1. The summed E-state index contributed by atoms with van der Waals surface area (Å²) >= 11 is 0. The molecule has 0 saturated carbocycles. The molecule has 5 nitrogen and oxygen atoms in total. The zero-order valence-electron chi connectivity index (χ0n) is 8.28. The van der Waals surface area contributed by atoms with Gasteiger partial charge in [-0.25, -0.2) is 4.79 Å². The fourth-order valence-electron chi connectivity index (χ4n) is 0.636. The summed E-state index contributed by atoms with van der Waals surface area (Å²) in [7, 11) is 0. The molecular formula is C10H12NO4. The lowest BCUT2D eigenvalue weighted by Crippen LogP contribution is -2.27. The number of aliphatic carboxylic acids is 1. The SMILES string of the molecule is C=C[C](O)NC(=O)C(=C)C=C(C)C(=O)O. The van der Waals surface area contributed by atoms with Crippen LogP contribution in [0.5, 0.6) is 0 Å². The summed E-state index contributed by atoms with van der Waals surface area (Å²) in [6, 6.07) is 0. The first-order chi connectivity index (χ1) is 6.88. The molecule has 0 aromatic heterocycles. The Hall–Kier alpha value is -1.88. The lowest BCUT2D eigenvalue weighted by Gasteiger charge is -2.06. The fourth-order valence-corrected chi connectivity index (χ4v) is 0.636. The van der Waals surface area contributed by atoms with Gasteiger partial charge in [0.25, 0.3) is 5.91 Å². The second-order valence-corrected chi connectivity index (χ2v) is 2.70. The van der Waals surface area contributed by atoms with E-state index in [0.717, 1.165) is 12.2 Å². The van der Waals surface area contributed by atoms with E-state index in [1.807, 2.05) is 0 Å². The quantitative estimate of drug-likeness (QED) is 0.461. The molecule has 0 spiro atoms. The van der Waals surface area contributed by atoms with Crippen molar-refractivity contribution in [1.29, 1.82) is 0 Å². The van der Waals surface area contributed by atoms with Crippen molar-refractivity contribution in [2.45, 2.75) is 6.92 Å². The Labute approximate surface area is 87.4 Å². The van der Waals surface area contributed by atoms with Crippen LogP contribution < -0.4 is 5.32 Å². The molecule has 3 N–H and O–H groups in total. The third-order valence-electron chi connectivity index (χ3n) is 1.45. The minimum absolute atomic E-state index is 0.0201. The van der Waals surface area contributed by atoms with Crippen molar-refractivity contribution in [2.24, 2.45) is 0 Å². The average Bonchev–Trinajstić information content (AvgIpc) is 2.16. The van der Waals surface area contributed by atoms with Gasteiger partial charge in [0, 0.05) is 11.1 Å². The van der Waals surface area contributed by atoms with Crippen molar-refractivity contribution in [3.05, 3.63) is 42.7 Å². The van der Waals surface area contributed by atoms with Gasteiger partial charge in [0.2, 0.25) is 6.23 Å². The van der Waals surface area contributed by atoms with Crippen LogP contribution in [0.4, 0.5) is 0 Å². The van der Waals surface area contributed by atoms with Crippen LogP contribution in [-0.2, 0) is 9.59 Å². The van der Waals surface area contributed by atoms with E-state index in [4.69, 9.17) is 10.2 Å². The summed E-state index contributed by atoms with van der Waals surface area (Å²) in [4.78, 5) is 21.6. The van der Waals surface area contributed by atoms with E-state index in [1.54, 1.807) is 0 Å². The number of aliphatic hydroxyl groups is 1. The Morgan fingerprint density at radius 1 is 1.33 bits per heavy atom. The van der Waals surface area contributed by atoms with Crippen LogP contribution in [0.1, 0.15) is 6.92 Å². The summed E-state index contributed by atoms with van der Waals surface area (Å²) in [5.41, 5.74) is -0.0865. The van der Waals surface area contributed by atoms with Crippen molar-refractivity contribution in [1.82, 2.24) is 5.32 Å². The second kappa shape index (κ2) is 5.77. The molecule has 5 heteroatoms. The molecule has 0 rings (SSSR count). The van der Waals surface area contributed by atoms with Gasteiger partial charge in [-0.15, -0.1) is 0 Å². The molecule has 0 saturated heterocycles. The van der Waals surface area contributed by atoms with Crippen LogP contribution in [0.3, 0.4) is 0 Å². The predicted molar refractivity (Wildman–Crippen MR) is 54.1 cm³/mol. The first kappa shape index (κ1) is 13.1. The standard InChI is InChI=1S/C10H12NO4/c1-4-8(12)11-9(13)6(2)5-7(3)10(14)15/h4-5,12H,1-2H2,3H3,(H,11,13)(H,14,15). The molecule has 0 unspecified atom stereocenters. The zero-order valence-corrected chi connectivity index (χ0v) is 8.28. The molecule has 15 heavy (non-hydrogen) atoms. The molecule has 0 bridgehead atoms. The van der Waals surface area contributed by atoms with Gasteiger partial charge < -0.3 is 15.5 Å². The van der Waals surface area contributed by atoms with Crippen molar-refractivity contribution < 1.29 is 19.8 Å². The van der Waals surface area contributed by atoms with Gasteiger partial charge in [-0.05, 0) is 19.1 Å². The second-order valence-electron chi connectivity index (χ2n) is 2.70. The van der Waals surface area contributed by atoms with Crippen molar-refractivity contribution in [3.8, 4) is 0 Å². The molecular weight excluding hydrogens is 198 g/mol. The van der Waals surface area contributed by atoms with Crippen molar-refractivity contribution >= 4 is 11.9 Å². The average molecular weight is 210 g/mol. The topological polar surface area (TPSA) is 86.6 Å². The Balaban J connectivity index is 4.47. The molecule has 0 atom stereocenters. The smallest absolute Gasteiger partial charge is 0.331 e. The third kappa shape index (κ3) is 4.78. The van der Waals surface area contributed by atoms with E-state index in [9.17, 15) is 9.59 Å². The molecule has 0 aliphatic heterocycles. The maximum absolute atomic E-state index is 11.2. The van der Waals surface area contributed by atoms with Gasteiger partial charge in [-0.2, -0.15) is 0 Å². The highest BCUT2D eigenvalue weighted by atomic mass is 16.4. The van der Waals surface area contributed by atoms with Crippen LogP contribution >= 0.6 is 0 Å². The molecule has 0 aliphatic carbocycles. The summed E-state index contributed by atoms with van der Waals surface area (Å²) in [6.45, 7) is 7.91. The predicted octanol–water partition coefficient (Wildman–Crippen LogP) is 0.738. The minimum Gasteiger partial charge on any atom is -0.478 e. The molecule has 1 amide bonds. The summed E-state index contributed by atoms with van der Waals surface area (Å²) in [5, 5.41) is 19.5. The Morgan fingerprint density at radius 3 is 2.27 bits per heavy atom. The Kier molecular flexibility index (Phi) is 5.04. The number of aliphatic hydroxyl groups excluding tert-OH is 1. The molecule has 1 radical (unpaired) electrons. The van der Waals surface area contributed by atoms with E-state index in [2.05, 4.69) is 18.5 Å². The van der Waals surface area contributed by atoms with Crippen LogP contribution in [0.25, 0.3) is 0 Å². The maximum atomic E-state index is 11.2. The Morgan fingerprint density at radius 2 is 1.87 bits per heavy atom. The first-order valence-electron chi connectivity index (χ1n) is 3.98. The van der Waals surface area contributed by atoms with Crippen LogP contribution in [0.15, 0.2) is 36.5 Å². The van der Waals surface area contributed by atoms with Gasteiger partial charge >= 0.3 is 5.97 Å². The van der Waals surface area contributed by atoms with E-state index < -0.39 is 18.1 Å². The molecule has 0 aliphatic rings. The largest absolute Gasteiger partial charge is 0.478 e. The third-order valence-corrected chi connectivity index (χ3v) is 1.45. The van der Waals surface area contributed by atoms with E-state index in [1.165, 1.54) is 6.92 Å². The van der Waals surface area contributed by atoms with Gasteiger partial charge in [0.1, 0.15) is 0 Å². The Bertz CT molecular complexity index is 330. The normalized spacial score (nSPS) is 11.0. The van der Waals surface area contributed by atoms with Gasteiger partial charge in [0.05, 0.1) is 0 Å². The van der Waals surface area contributed by atoms with E-state index >= 15 is 0 Å². The van der Waals surface area contributed by atoms with E-state index in [0.29, 0.717) is 0 Å². The van der Waals surface area contributed by atoms with Crippen LogP contribution in [0, 0.1) is 6.23 Å². The van der Waals surface area contributed by atoms with Crippen molar-refractivity contribution in [3.63, 3.8) is 0 Å². The molecule has 0 aromatic rings. The lowest BCUT2D eigenvalue weighted by atomic mass is 10.2. The van der Waals surface area contributed by atoms with E-state index in [-0.39, 0.29) is 11.1 Å². The lowest BCUT2D eigenvalue weighted by molar-refractivity contribution is -0.132. The molecule has 81 valence electrons. The summed E-state index contributed by atoms with van der Waals surface area (Å²) in [6.07, 6.45) is 1.73. The highest BCUT2D eigenvalue weighted by molar-refractivity contribution is 5.98. The minimum atomic E-state index is -1.14. The maximum Gasteiger partial charge on any atom is 0.331 e. The number of hydrogen-bond donors (Lipinski definition) is 3. The van der Waals surface area contributed by atoms with Crippen LogP contribution in [0.2, 0.25) is 0 Å². The molecule has 0 aromatic carbocycles. The number of carbonyl (C=O) groups is 2. The number of rotatable bonds is 5. The first-order valence-corrected chi connectivity index (χ1v) is 3.98. The monoisotopic (exact) mass is 210 g/mol. The highest BCUT2D eigenvalue weighted by Gasteiger charge is 2.10. The van der Waals surface area contributed by atoms with Crippen molar-refractivity contribution in [2.75, 3.05) is 0 Å². The number of hydrogen-bond acceptors (Lipinski definition) is 3. The number of carbonyl (C=O) groups excluding carboxylic acids is 1. The van der Waals surface area contributed by atoms with Gasteiger partial charge in [0.15, 0.2) is 0 Å². The number of carboxylic acids is 1. The van der Waals surface area contributed by atoms with Gasteiger partial charge in [-0.1, -0.05) is 13.2 Å². The number of carboxylic acid groups (broad SMARTS) is 1. The molecule has 0 heterocycles. The summed E-state index contributed by atoms with van der Waals surface area (Å²) < 4.78 is 0. The summed E-state index contributed by atoms with van der Waals surface area (Å²) in [5.74, 6) is -1.83. The van der Waals surface area contributed by atoms with Gasteiger partial charge in [-0.3, -0.25) is 4.79 Å². The molecule has 0 fully saturated rings. The number of nitrogens with one attached hydrogen (secondary N) is 1. The fraction of sp³-hybridized carbons (Fsp3) is 0.100. The van der Waals surface area contributed by atoms with Crippen LogP contribution in [-0.4, -0.2) is 22.1 Å². The highest BCUT2D eigenvalue weighted by Crippen LogP contribution is 2.02.